The van der Waals surface area contributed by atoms with Gasteiger partial charge in [-0.25, -0.2) is 0 Å². The Bertz CT molecular complexity index is 871. The molecule has 0 aliphatic carbocycles. The predicted molar refractivity (Wildman–Crippen MR) is 92.5 cm³/mol. The fourth-order valence-corrected chi connectivity index (χ4v) is 2.28. The second kappa shape index (κ2) is 7.35. The molecule has 0 saturated heterocycles. The maximum Gasteiger partial charge on any atom is 0.252 e. The summed E-state index contributed by atoms with van der Waals surface area (Å²) in [7, 11) is 0. The molecule has 1 heterocycles. The molecule has 6 heteroatoms. The van der Waals surface area contributed by atoms with E-state index in [1.165, 1.54) is 12.5 Å². The molecule has 3 N–H and O–H groups in total. The fourth-order valence-electron chi connectivity index (χ4n) is 2.28. The van der Waals surface area contributed by atoms with Crippen LogP contribution in [0.15, 0.2) is 71.5 Å². The van der Waals surface area contributed by atoms with Gasteiger partial charge < -0.3 is 20.2 Å². The van der Waals surface area contributed by atoms with E-state index in [0.717, 1.165) is 5.56 Å². The number of anilines is 1. The van der Waals surface area contributed by atoms with Crippen molar-refractivity contribution in [1.82, 2.24) is 0 Å². The van der Waals surface area contributed by atoms with E-state index in [1.807, 2.05) is 0 Å². The van der Waals surface area contributed by atoms with Crippen molar-refractivity contribution in [2.24, 2.45) is 5.73 Å². The van der Waals surface area contributed by atoms with E-state index in [0.29, 0.717) is 22.7 Å². The highest BCUT2D eigenvalue weighted by Gasteiger charge is 2.10. The Labute approximate surface area is 144 Å². The number of para-hydroxylation sites is 1. The molecule has 126 valence electrons. The largest absolute Gasteiger partial charge is 0.472 e. The molecular weight excluding hydrogens is 320 g/mol. The topological polar surface area (TPSA) is 94.6 Å². The Hall–Kier alpha value is -3.54. The molecule has 6 nitrogen and oxygen atoms in total. The third-order valence-corrected chi connectivity index (χ3v) is 3.46. The predicted octanol–water partition coefficient (Wildman–Crippen LogP) is 3.35. The highest BCUT2D eigenvalue weighted by Crippen LogP contribution is 2.26. The van der Waals surface area contributed by atoms with Crippen molar-refractivity contribution in [2.45, 2.75) is 6.42 Å². The summed E-state index contributed by atoms with van der Waals surface area (Å²) in [6.45, 7) is 0. The van der Waals surface area contributed by atoms with E-state index in [2.05, 4.69) is 5.32 Å². The van der Waals surface area contributed by atoms with Crippen LogP contribution in [0.5, 0.6) is 11.5 Å². The number of benzene rings is 2. The number of carbonyl (C=O) groups excluding carboxylic acids is 2. The lowest BCUT2D eigenvalue weighted by atomic mass is 10.2. The standard InChI is InChI=1S/C19H16N2O4/c20-19(23)16-3-1-2-4-17(16)25-15-7-5-14(6-8-15)21-18(22)11-13-9-10-24-12-13/h1-10,12H,11H2,(H2,20,23)(H,21,22). The first-order chi connectivity index (χ1) is 12.1. The van der Waals surface area contributed by atoms with Crippen molar-refractivity contribution in [3.63, 3.8) is 0 Å². The number of nitrogens with one attached hydrogen (secondary N) is 1. The van der Waals surface area contributed by atoms with Crippen molar-refractivity contribution in [3.05, 3.63) is 78.3 Å². The number of amides is 2. The molecule has 2 amide bonds. The lowest BCUT2D eigenvalue weighted by Gasteiger charge is -2.10. The van der Waals surface area contributed by atoms with Gasteiger partial charge in [0.25, 0.3) is 5.91 Å². The van der Waals surface area contributed by atoms with Gasteiger partial charge in [0.2, 0.25) is 5.91 Å². The Morgan fingerprint density at radius 3 is 2.48 bits per heavy atom. The summed E-state index contributed by atoms with van der Waals surface area (Å²) in [5, 5.41) is 2.79. The second-order valence-corrected chi connectivity index (χ2v) is 5.34. The normalized spacial score (nSPS) is 10.2. The summed E-state index contributed by atoms with van der Waals surface area (Å²) >= 11 is 0. The van der Waals surface area contributed by atoms with Crippen molar-refractivity contribution >= 4 is 17.5 Å². The van der Waals surface area contributed by atoms with Crippen LogP contribution < -0.4 is 15.8 Å². The molecule has 0 fully saturated rings. The van der Waals surface area contributed by atoms with Gasteiger partial charge in [-0.1, -0.05) is 12.1 Å². The lowest BCUT2D eigenvalue weighted by Crippen LogP contribution is -2.13. The number of hydrogen-bond donors (Lipinski definition) is 2. The molecule has 3 rings (SSSR count). The van der Waals surface area contributed by atoms with Gasteiger partial charge in [0.05, 0.1) is 24.5 Å². The zero-order chi connectivity index (χ0) is 17.6. The Kier molecular flexibility index (Phi) is 4.80. The molecule has 0 radical (unpaired) electrons. The van der Waals surface area contributed by atoms with Crippen LogP contribution in [0.25, 0.3) is 0 Å². The quantitative estimate of drug-likeness (QED) is 0.721. The lowest BCUT2D eigenvalue weighted by molar-refractivity contribution is -0.115. The molecule has 0 saturated carbocycles. The number of furan rings is 1. The van der Waals surface area contributed by atoms with Gasteiger partial charge in [0.1, 0.15) is 11.5 Å². The number of carbonyl (C=O) groups is 2. The van der Waals surface area contributed by atoms with E-state index in [4.69, 9.17) is 14.9 Å². The molecule has 0 bridgehead atoms. The fraction of sp³-hybridized carbons (Fsp3) is 0.0526. The molecule has 0 atom stereocenters. The van der Waals surface area contributed by atoms with Gasteiger partial charge in [0.15, 0.2) is 0 Å². The van der Waals surface area contributed by atoms with E-state index in [1.54, 1.807) is 54.6 Å². The number of nitrogens with two attached hydrogens (primary N) is 1. The average molecular weight is 336 g/mol. The summed E-state index contributed by atoms with van der Waals surface area (Å²) in [5.41, 5.74) is 7.08. The molecule has 0 unspecified atom stereocenters. The van der Waals surface area contributed by atoms with Crippen molar-refractivity contribution < 1.29 is 18.7 Å². The number of primary amides is 1. The first-order valence-corrected chi connectivity index (χ1v) is 7.59. The molecule has 25 heavy (non-hydrogen) atoms. The maximum atomic E-state index is 11.9. The van der Waals surface area contributed by atoms with Gasteiger partial charge >= 0.3 is 0 Å². The number of hydrogen-bond acceptors (Lipinski definition) is 4. The molecule has 0 aliphatic heterocycles. The summed E-state index contributed by atoms with van der Waals surface area (Å²) in [6.07, 6.45) is 3.30. The second-order valence-electron chi connectivity index (χ2n) is 5.34. The van der Waals surface area contributed by atoms with Crippen molar-refractivity contribution in [2.75, 3.05) is 5.32 Å². The average Bonchev–Trinajstić information content (AvgIpc) is 3.10. The van der Waals surface area contributed by atoms with E-state index >= 15 is 0 Å². The van der Waals surface area contributed by atoms with E-state index in [9.17, 15) is 9.59 Å². The summed E-state index contributed by atoms with van der Waals surface area (Å²) in [4.78, 5) is 23.3. The first kappa shape index (κ1) is 16.3. The smallest absolute Gasteiger partial charge is 0.252 e. The summed E-state index contributed by atoms with van der Waals surface area (Å²) in [5.74, 6) is 0.209. The van der Waals surface area contributed by atoms with Crippen LogP contribution in [-0.4, -0.2) is 11.8 Å². The number of ether oxygens (including phenoxy) is 1. The molecule has 0 aliphatic rings. The van der Waals surface area contributed by atoms with Crippen molar-refractivity contribution in [3.8, 4) is 11.5 Å². The van der Waals surface area contributed by atoms with Gasteiger partial charge in [0, 0.05) is 5.69 Å². The third-order valence-electron chi connectivity index (χ3n) is 3.46. The van der Waals surface area contributed by atoms with Crippen LogP contribution in [0.4, 0.5) is 5.69 Å². The van der Waals surface area contributed by atoms with Crippen LogP contribution in [0, 0.1) is 0 Å². The molecule has 2 aromatic carbocycles. The molecular formula is C19H16N2O4. The Balaban J connectivity index is 1.64. The van der Waals surface area contributed by atoms with E-state index < -0.39 is 5.91 Å². The highest BCUT2D eigenvalue weighted by atomic mass is 16.5. The van der Waals surface area contributed by atoms with Crippen LogP contribution in [0.2, 0.25) is 0 Å². The first-order valence-electron chi connectivity index (χ1n) is 7.59. The van der Waals surface area contributed by atoms with E-state index in [-0.39, 0.29) is 12.3 Å². The minimum atomic E-state index is -0.557. The zero-order valence-electron chi connectivity index (χ0n) is 13.3. The zero-order valence-corrected chi connectivity index (χ0v) is 13.3. The van der Waals surface area contributed by atoms with Crippen LogP contribution in [-0.2, 0) is 11.2 Å². The van der Waals surface area contributed by atoms with Gasteiger partial charge in [-0.15, -0.1) is 0 Å². The minimum Gasteiger partial charge on any atom is -0.472 e. The van der Waals surface area contributed by atoms with Gasteiger partial charge in [-0.3, -0.25) is 9.59 Å². The summed E-state index contributed by atoms with van der Waals surface area (Å²) < 4.78 is 10.6. The van der Waals surface area contributed by atoms with Gasteiger partial charge in [-0.2, -0.15) is 0 Å². The molecule has 1 aromatic heterocycles. The molecule has 3 aromatic rings. The SMILES string of the molecule is NC(=O)c1ccccc1Oc1ccc(NC(=O)Cc2ccoc2)cc1. The monoisotopic (exact) mass is 336 g/mol. The molecule has 0 spiro atoms. The van der Waals surface area contributed by atoms with Crippen LogP contribution in [0.3, 0.4) is 0 Å². The summed E-state index contributed by atoms with van der Waals surface area (Å²) in [6, 6.07) is 15.3. The number of rotatable bonds is 6. The van der Waals surface area contributed by atoms with Crippen LogP contribution >= 0.6 is 0 Å². The highest BCUT2D eigenvalue weighted by molar-refractivity contribution is 5.95. The minimum absolute atomic E-state index is 0.144. The van der Waals surface area contributed by atoms with Gasteiger partial charge in [-0.05, 0) is 48.0 Å². The Morgan fingerprint density at radius 2 is 1.80 bits per heavy atom. The van der Waals surface area contributed by atoms with Crippen LogP contribution in [0.1, 0.15) is 15.9 Å². The Morgan fingerprint density at radius 1 is 1.04 bits per heavy atom. The van der Waals surface area contributed by atoms with Crippen molar-refractivity contribution in [1.29, 1.82) is 0 Å². The maximum absolute atomic E-state index is 11.9. The third kappa shape index (κ3) is 4.26.